The monoisotopic (exact) mass is 254 g/mol. The second-order valence-corrected chi connectivity index (χ2v) is 1.61. The number of hydrogen-bond acceptors (Lipinski definition) is 2. The minimum Gasteiger partial charge on any atom is -1.00 e. The van der Waals surface area contributed by atoms with E-state index in [0.717, 1.165) is 0 Å². The van der Waals surface area contributed by atoms with Crippen LogP contribution < -0.4 is 0 Å². The Balaban J connectivity index is -0.0000000480. The summed E-state index contributed by atoms with van der Waals surface area (Å²) in [6, 6.07) is 0. The maximum Gasteiger partial charge on any atom is 2.00 e. The number of hydrogen-bond donors (Lipinski definition) is 2. The number of halogens is 6. The van der Waals surface area contributed by atoms with Gasteiger partial charge in [0, 0.05) is 0 Å². The molecule has 0 aromatic carbocycles. The Labute approximate surface area is 97.0 Å². The summed E-state index contributed by atoms with van der Waals surface area (Å²) in [6.45, 7) is 0. The molecule has 0 unspecified atom stereocenters. The molecule has 0 atom stereocenters. The van der Waals surface area contributed by atoms with Gasteiger partial charge in [-0.05, 0) is 0 Å². The smallest absolute Gasteiger partial charge is 1.00 e. The van der Waals surface area contributed by atoms with E-state index in [1.54, 1.807) is 0 Å². The molecule has 0 amide bonds. The largest absolute Gasteiger partial charge is 2.00 e. The van der Waals surface area contributed by atoms with Crippen molar-refractivity contribution in [2.45, 2.75) is 12.4 Å². The third kappa shape index (κ3) is 13.3. The van der Waals surface area contributed by atoms with Crippen LogP contribution in [0, 0.1) is 0 Å². The van der Waals surface area contributed by atoms with Gasteiger partial charge < -0.3 is 13.1 Å². The molecule has 0 aromatic heterocycles. The molecule has 0 rings (SSSR count). The van der Waals surface area contributed by atoms with Crippen molar-refractivity contribution in [1.29, 1.82) is 0 Å². The van der Waals surface area contributed by atoms with Crippen LogP contribution in [0.2, 0.25) is 0 Å². The summed E-state index contributed by atoms with van der Waals surface area (Å²) in [5, 5.41) is 14.2. The number of carboxylic acids is 2. The van der Waals surface area contributed by atoms with Crippen LogP contribution in [0.3, 0.4) is 0 Å². The van der Waals surface area contributed by atoms with Gasteiger partial charge in [0.15, 0.2) is 0 Å². The van der Waals surface area contributed by atoms with Crippen molar-refractivity contribution in [1.82, 2.24) is 0 Å². The van der Waals surface area contributed by atoms with E-state index in [0.29, 0.717) is 0 Å². The fraction of sp³-hybridized carbons (Fsp3) is 0.500. The molecule has 0 fully saturated rings. The minimum atomic E-state index is -5.08. The van der Waals surface area contributed by atoms with Crippen LogP contribution in [0.5, 0.6) is 0 Å². The zero-order chi connectivity index (χ0) is 12.2. The van der Waals surface area contributed by atoms with Gasteiger partial charge in [-0.3, -0.25) is 0 Å². The van der Waals surface area contributed by atoms with E-state index in [4.69, 9.17) is 19.8 Å². The molecule has 0 radical (unpaired) electrons. The molecule has 2 N–H and O–H groups in total. The summed E-state index contributed by atoms with van der Waals surface area (Å²) in [4.78, 5) is 17.8. The van der Waals surface area contributed by atoms with Crippen LogP contribution in [0.4, 0.5) is 26.3 Å². The Bertz CT molecular complexity index is 205. The van der Waals surface area contributed by atoms with E-state index >= 15 is 0 Å². The van der Waals surface area contributed by atoms with Crippen molar-refractivity contribution in [3.63, 3.8) is 0 Å². The molecule has 0 heterocycles. The maximum absolute atomic E-state index is 10.6. The fourth-order valence-corrected chi connectivity index (χ4v) is 0. The molecule has 0 saturated heterocycles. The molecule has 0 aliphatic carbocycles. The van der Waals surface area contributed by atoms with E-state index in [-0.39, 0.29) is 25.9 Å². The topological polar surface area (TPSA) is 74.6 Å². The first kappa shape index (κ1) is 19.8. The first-order valence-electron chi connectivity index (χ1n) is 2.49. The summed E-state index contributed by atoms with van der Waals surface area (Å²) in [7, 11) is 0. The van der Waals surface area contributed by atoms with Crippen molar-refractivity contribution < 1.29 is 49.0 Å². The Morgan fingerprint density at radius 2 is 0.867 bits per heavy atom. The molecular weight excluding hydrogens is 250 g/mol. The van der Waals surface area contributed by atoms with E-state index < -0.39 is 24.3 Å². The molecule has 15 heavy (non-hydrogen) atoms. The van der Waals surface area contributed by atoms with Crippen molar-refractivity contribution in [2.75, 3.05) is 0 Å². The van der Waals surface area contributed by atoms with Crippen LogP contribution >= 0.6 is 0 Å². The van der Waals surface area contributed by atoms with Gasteiger partial charge >= 0.3 is 47.3 Å². The molecule has 0 bridgehead atoms. The molecular formula is C4H4F6MgO4. The van der Waals surface area contributed by atoms with Gasteiger partial charge in [0.25, 0.3) is 0 Å². The third-order valence-electron chi connectivity index (χ3n) is 0.485. The Kier molecular flexibility index (Phi) is 8.86. The average Bonchev–Trinajstić information content (AvgIpc) is 1.83. The molecule has 11 heteroatoms. The van der Waals surface area contributed by atoms with E-state index in [1.807, 2.05) is 0 Å². The van der Waals surface area contributed by atoms with Crippen molar-refractivity contribution in [3.05, 3.63) is 0 Å². The number of alkyl halides is 6. The minimum absolute atomic E-state index is 0. The van der Waals surface area contributed by atoms with Crippen LogP contribution in [0.15, 0.2) is 0 Å². The van der Waals surface area contributed by atoms with E-state index in [9.17, 15) is 26.3 Å². The second-order valence-electron chi connectivity index (χ2n) is 1.61. The standard InChI is InChI=1S/2C2HF3O2.Mg.2H/c2*3-2(4,5)1(6)7;;;/h2*(H,6,7);;;/q;;+2;2*-1. The normalized spacial score (nSPS) is 10.5. The van der Waals surface area contributed by atoms with Gasteiger partial charge in [-0.1, -0.05) is 0 Å². The van der Waals surface area contributed by atoms with Crippen LogP contribution in [-0.4, -0.2) is 57.6 Å². The quantitative estimate of drug-likeness (QED) is 0.501. The summed E-state index contributed by atoms with van der Waals surface area (Å²) in [5.41, 5.74) is 0. The maximum atomic E-state index is 10.6. The molecule has 0 aromatic rings. The molecule has 88 valence electrons. The summed E-state index contributed by atoms with van der Waals surface area (Å²) >= 11 is 0. The zero-order valence-corrected chi connectivity index (χ0v) is 8.10. The van der Waals surface area contributed by atoms with Crippen molar-refractivity contribution in [2.24, 2.45) is 0 Å². The van der Waals surface area contributed by atoms with Gasteiger partial charge in [-0.15, -0.1) is 0 Å². The molecule has 0 aliphatic rings. The molecule has 0 aliphatic heterocycles. The van der Waals surface area contributed by atoms with Crippen LogP contribution in [-0.2, 0) is 9.59 Å². The molecule has 4 nitrogen and oxygen atoms in total. The Hall–Kier alpha value is -0.714. The van der Waals surface area contributed by atoms with E-state index in [2.05, 4.69) is 0 Å². The van der Waals surface area contributed by atoms with Gasteiger partial charge in [0.1, 0.15) is 0 Å². The predicted octanol–water partition coefficient (Wildman–Crippen LogP) is 1.11. The first-order chi connectivity index (χ1) is 5.89. The van der Waals surface area contributed by atoms with Gasteiger partial charge in [-0.25, -0.2) is 9.59 Å². The first-order valence-corrected chi connectivity index (χ1v) is 2.49. The summed E-state index contributed by atoms with van der Waals surface area (Å²) in [6.07, 6.45) is -10.2. The Morgan fingerprint density at radius 3 is 0.867 bits per heavy atom. The van der Waals surface area contributed by atoms with Crippen LogP contribution in [0.25, 0.3) is 0 Å². The molecule has 0 saturated carbocycles. The number of carbonyl (C=O) groups is 2. The second kappa shape index (κ2) is 6.71. The summed E-state index contributed by atoms with van der Waals surface area (Å²) in [5.74, 6) is -5.51. The summed E-state index contributed by atoms with van der Waals surface area (Å²) < 4.78 is 63.5. The number of carboxylic acid groups (broad SMARTS) is 2. The number of aliphatic carboxylic acids is 2. The van der Waals surface area contributed by atoms with Gasteiger partial charge in [-0.2, -0.15) is 26.3 Å². The van der Waals surface area contributed by atoms with Crippen molar-refractivity contribution >= 4 is 35.0 Å². The average molecular weight is 254 g/mol. The Morgan fingerprint density at radius 1 is 0.800 bits per heavy atom. The number of rotatable bonds is 0. The third-order valence-corrected chi connectivity index (χ3v) is 0.485. The SMILES string of the molecule is O=C(O)C(F)(F)F.O=C(O)C(F)(F)F.[H-].[H-].[Mg+2]. The van der Waals surface area contributed by atoms with E-state index in [1.165, 1.54) is 0 Å². The molecule has 0 spiro atoms. The fourth-order valence-electron chi connectivity index (χ4n) is 0. The zero-order valence-electron chi connectivity index (χ0n) is 8.69. The van der Waals surface area contributed by atoms with Crippen LogP contribution in [0.1, 0.15) is 2.85 Å². The van der Waals surface area contributed by atoms with Gasteiger partial charge in [0.05, 0.1) is 0 Å². The predicted molar refractivity (Wildman–Crippen MR) is 35.4 cm³/mol. The van der Waals surface area contributed by atoms with Gasteiger partial charge in [0.2, 0.25) is 0 Å². The van der Waals surface area contributed by atoms with Crippen molar-refractivity contribution in [3.8, 4) is 0 Å².